The summed E-state index contributed by atoms with van der Waals surface area (Å²) in [6, 6.07) is 40.9. The van der Waals surface area contributed by atoms with Crippen molar-refractivity contribution < 1.29 is 5.11 Å². The zero-order chi connectivity index (χ0) is 40.4. The van der Waals surface area contributed by atoms with E-state index in [0.29, 0.717) is 11.4 Å². The molecule has 0 atom stereocenters. The first-order chi connectivity index (χ1) is 26.2. The highest BCUT2D eigenvalue weighted by atomic mass is 16.3. The molecule has 0 saturated heterocycles. The molecule has 56 heavy (non-hydrogen) atoms. The molecular weight excluding hydrogens is 683 g/mol. The Hall–Kier alpha value is -5.48. The smallest absolute Gasteiger partial charge is 0.149 e. The molecule has 0 radical (unpaired) electrons. The van der Waals surface area contributed by atoms with Crippen molar-refractivity contribution in [2.45, 2.75) is 105 Å². The lowest BCUT2D eigenvalue weighted by molar-refractivity contribution is 0.477. The van der Waals surface area contributed by atoms with Gasteiger partial charge < -0.3 is 5.11 Å². The van der Waals surface area contributed by atoms with Gasteiger partial charge in [-0.15, -0.1) is 0 Å². The minimum atomic E-state index is -0.157. The van der Waals surface area contributed by atoms with Crippen molar-refractivity contribution in [3.05, 3.63) is 144 Å². The molecule has 5 aromatic carbocycles. The quantitative estimate of drug-likeness (QED) is 0.191. The highest BCUT2D eigenvalue weighted by Gasteiger charge is 2.26. The molecule has 0 aliphatic rings. The third-order valence-corrected chi connectivity index (χ3v) is 10.9. The second-order valence-corrected chi connectivity index (χ2v) is 19.5. The van der Waals surface area contributed by atoms with E-state index < -0.39 is 0 Å². The minimum absolute atomic E-state index is 0.0301. The average molecular weight is 740 g/mol. The zero-order valence-electron chi connectivity index (χ0n) is 35.3. The summed E-state index contributed by atoms with van der Waals surface area (Å²) in [5, 5.41) is 11.2. The Morgan fingerprint density at radius 2 is 1.00 bits per heavy atom. The normalized spacial score (nSPS) is 12.7. The van der Waals surface area contributed by atoms with Crippen LogP contribution in [0, 0.1) is 0 Å². The van der Waals surface area contributed by atoms with Crippen LogP contribution in [0.1, 0.15) is 105 Å². The van der Waals surface area contributed by atoms with E-state index in [1.807, 2.05) is 30.5 Å². The lowest BCUT2D eigenvalue weighted by Crippen LogP contribution is -2.16. The van der Waals surface area contributed by atoms with Gasteiger partial charge in [-0.25, -0.2) is 4.98 Å². The van der Waals surface area contributed by atoms with E-state index in [0.717, 1.165) is 44.7 Å². The van der Waals surface area contributed by atoms with Gasteiger partial charge >= 0.3 is 0 Å². The van der Waals surface area contributed by atoms with Crippen LogP contribution in [-0.2, 0) is 21.7 Å². The van der Waals surface area contributed by atoms with Crippen LogP contribution in [0.4, 0.5) is 0 Å². The van der Waals surface area contributed by atoms with Gasteiger partial charge in [0.1, 0.15) is 11.6 Å². The first-order valence-corrected chi connectivity index (χ1v) is 19.9. The molecule has 286 valence electrons. The van der Waals surface area contributed by atoms with E-state index in [1.54, 1.807) is 6.07 Å². The second-order valence-electron chi connectivity index (χ2n) is 19.5. The zero-order valence-corrected chi connectivity index (χ0v) is 35.3. The third kappa shape index (κ3) is 7.67. The van der Waals surface area contributed by atoms with Crippen LogP contribution in [0.25, 0.3) is 61.6 Å². The number of phenols is 1. The number of pyridine rings is 1. The number of benzene rings is 5. The predicted octanol–water partition coefficient (Wildman–Crippen LogP) is 14.0. The summed E-state index contributed by atoms with van der Waals surface area (Å²) in [5.41, 5.74) is 14.8. The fourth-order valence-electron chi connectivity index (χ4n) is 7.32. The summed E-state index contributed by atoms with van der Waals surface area (Å²) in [6.45, 7) is 27.3. The first-order valence-electron chi connectivity index (χ1n) is 19.9. The molecule has 0 spiro atoms. The van der Waals surface area contributed by atoms with Crippen molar-refractivity contribution in [2.24, 2.45) is 0 Å². The molecule has 4 nitrogen and oxygen atoms in total. The summed E-state index contributed by atoms with van der Waals surface area (Å²) in [4.78, 5) is 10.4. The molecular formula is C52H57N3O. The lowest BCUT2D eigenvalue weighted by atomic mass is 9.78. The molecule has 0 fully saturated rings. The second kappa shape index (κ2) is 13.9. The number of nitrogens with zero attached hydrogens (tertiary/aromatic N) is 3. The highest BCUT2D eigenvalue weighted by molar-refractivity contribution is 5.98. The summed E-state index contributed by atoms with van der Waals surface area (Å²) < 4.78 is 2.20. The number of aromatic hydroxyl groups is 1. The van der Waals surface area contributed by atoms with E-state index in [4.69, 9.17) is 9.97 Å². The molecule has 7 aromatic rings. The number of imidazole rings is 1. The van der Waals surface area contributed by atoms with Crippen LogP contribution in [0.5, 0.6) is 5.75 Å². The van der Waals surface area contributed by atoms with E-state index in [1.165, 1.54) is 27.8 Å². The molecule has 0 saturated carbocycles. The molecule has 0 bridgehead atoms. The Bertz CT molecular complexity index is 2530. The van der Waals surface area contributed by atoms with Gasteiger partial charge in [0, 0.05) is 23.0 Å². The van der Waals surface area contributed by atoms with Gasteiger partial charge in [0.05, 0.1) is 22.3 Å². The SMILES string of the molecule is CC(C)(C)c1cc(-c2cc(-c3cc(C(C)(C)C)ccn3)cc(-c3cc(C(C)(C)C)cc4c3nc(-c3ccccc3O)n4-c3ccccc3)c2)cc(C(C)(C)C)c1. The average Bonchev–Trinajstić information content (AvgIpc) is 3.52. The van der Waals surface area contributed by atoms with E-state index in [9.17, 15) is 5.11 Å². The Morgan fingerprint density at radius 1 is 0.464 bits per heavy atom. The predicted molar refractivity (Wildman–Crippen MR) is 237 cm³/mol. The van der Waals surface area contributed by atoms with Gasteiger partial charge in [0.2, 0.25) is 0 Å². The number of rotatable bonds is 5. The van der Waals surface area contributed by atoms with Gasteiger partial charge in [0.15, 0.2) is 0 Å². The lowest BCUT2D eigenvalue weighted by Gasteiger charge is -2.26. The molecule has 1 N–H and O–H groups in total. The van der Waals surface area contributed by atoms with Crippen LogP contribution >= 0.6 is 0 Å². The fraction of sp³-hybridized carbons (Fsp3) is 0.308. The van der Waals surface area contributed by atoms with Crippen molar-refractivity contribution in [1.29, 1.82) is 0 Å². The number of phenolic OH excluding ortho intramolecular Hbond substituents is 1. The molecule has 2 heterocycles. The summed E-state index contributed by atoms with van der Waals surface area (Å²) >= 11 is 0. The standard InChI is InChI=1S/C52H57N3O/c1-49(2,3)37-22-23-53-44(31-37)36-25-33(34-27-38(50(4,5)6)29-39(28-34)51(7,8)9)24-35(26-36)43-30-40(52(10,11)12)32-45-47(43)54-48(42-20-16-17-21-46(42)56)55(45)41-18-14-13-15-19-41/h13-32,56H,1-12H3. The Kier molecular flexibility index (Phi) is 9.64. The molecule has 0 aliphatic carbocycles. The Balaban J connectivity index is 1.61. The highest BCUT2D eigenvalue weighted by Crippen LogP contribution is 2.43. The van der Waals surface area contributed by atoms with Crippen molar-refractivity contribution in [3.63, 3.8) is 0 Å². The maximum absolute atomic E-state index is 11.2. The molecule has 4 heteroatoms. The van der Waals surface area contributed by atoms with Gasteiger partial charge in [0.25, 0.3) is 0 Å². The number of hydrogen-bond acceptors (Lipinski definition) is 3. The minimum Gasteiger partial charge on any atom is -0.507 e. The van der Waals surface area contributed by atoms with Crippen molar-refractivity contribution >= 4 is 11.0 Å². The molecule has 0 unspecified atom stereocenters. The maximum atomic E-state index is 11.2. The van der Waals surface area contributed by atoms with Gasteiger partial charge in [-0.2, -0.15) is 0 Å². The third-order valence-electron chi connectivity index (χ3n) is 10.9. The van der Waals surface area contributed by atoms with E-state index in [-0.39, 0.29) is 27.4 Å². The van der Waals surface area contributed by atoms with Crippen LogP contribution in [0.2, 0.25) is 0 Å². The topological polar surface area (TPSA) is 50.9 Å². The molecule has 0 amide bonds. The molecule has 0 aliphatic heterocycles. The monoisotopic (exact) mass is 739 g/mol. The van der Waals surface area contributed by atoms with Gasteiger partial charge in [-0.1, -0.05) is 132 Å². The Morgan fingerprint density at radius 3 is 1.61 bits per heavy atom. The van der Waals surface area contributed by atoms with E-state index in [2.05, 4.69) is 173 Å². The largest absolute Gasteiger partial charge is 0.507 e. The van der Waals surface area contributed by atoms with Crippen molar-refractivity contribution in [3.8, 4) is 56.3 Å². The first kappa shape index (κ1) is 38.8. The van der Waals surface area contributed by atoms with Crippen LogP contribution in [0.3, 0.4) is 0 Å². The number of para-hydroxylation sites is 2. The van der Waals surface area contributed by atoms with Crippen molar-refractivity contribution in [1.82, 2.24) is 14.5 Å². The van der Waals surface area contributed by atoms with Gasteiger partial charge in [-0.05, 0) is 127 Å². The Labute approximate surface area is 334 Å². The van der Waals surface area contributed by atoms with E-state index >= 15 is 0 Å². The maximum Gasteiger partial charge on any atom is 0.149 e. The van der Waals surface area contributed by atoms with Crippen LogP contribution in [-0.4, -0.2) is 19.6 Å². The molecule has 7 rings (SSSR count). The summed E-state index contributed by atoms with van der Waals surface area (Å²) in [6.07, 6.45) is 1.94. The summed E-state index contributed by atoms with van der Waals surface area (Å²) in [7, 11) is 0. The number of aromatic nitrogens is 3. The van der Waals surface area contributed by atoms with Gasteiger partial charge in [-0.3, -0.25) is 9.55 Å². The summed E-state index contributed by atoms with van der Waals surface area (Å²) in [5.74, 6) is 0.889. The van der Waals surface area contributed by atoms with Crippen LogP contribution < -0.4 is 0 Å². The van der Waals surface area contributed by atoms with Crippen LogP contribution in [0.15, 0.2) is 121 Å². The number of fused-ring (bicyclic) bond motifs is 1. The fourth-order valence-corrected chi connectivity index (χ4v) is 7.32. The molecule has 2 aromatic heterocycles. The van der Waals surface area contributed by atoms with Crippen molar-refractivity contribution in [2.75, 3.05) is 0 Å². The number of hydrogen-bond donors (Lipinski definition) is 1.